The second-order valence-corrected chi connectivity index (χ2v) is 7.68. The number of hydrogen-bond acceptors (Lipinski definition) is 5. The van der Waals surface area contributed by atoms with Crippen molar-refractivity contribution >= 4 is 17.2 Å². The van der Waals surface area contributed by atoms with Crippen molar-refractivity contribution in [3.05, 3.63) is 107 Å². The molecule has 7 heteroatoms. The van der Waals surface area contributed by atoms with Gasteiger partial charge in [-0.1, -0.05) is 79.7 Å². The summed E-state index contributed by atoms with van der Waals surface area (Å²) >= 11 is 0. The molecule has 0 heterocycles. The average molecular weight is 461 g/mol. The van der Waals surface area contributed by atoms with Crippen LogP contribution in [-0.2, 0) is 0 Å². The van der Waals surface area contributed by atoms with Crippen LogP contribution in [0.25, 0.3) is 11.1 Å². The number of hydrogen-bond donors (Lipinski definition) is 2. The number of likely N-dealkylation sites (N-methyl/N-ethyl adjacent to an activating group) is 1. The normalized spacial score (nSPS) is 11.1. The zero-order valence-electron chi connectivity index (χ0n) is 19.9. The Labute approximate surface area is 201 Å². The molecule has 0 atom stereocenters. The van der Waals surface area contributed by atoms with Crippen LogP contribution in [0, 0.1) is 4.91 Å². The van der Waals surface area contributed by atoms with E-state index in [2.05, 4.69) is 117 Å². The number of nitrogens with two attached hydrogens (primary N) is 1. The van der Waals surface area contributed by atoms with Crippen molar-refractivity contribution < 1.29 is 9.53 Å². The smallest absolute Gasteiger partial charge is 0.335 e. The van der Waals surface area contributed by atoms with E-state index in [0.717, 1.165) is 18.7 Å². The van der Waals surface area contributed by atoms with Crippen LogP contribution in [0.3, 0.4) is 0 Å². The molecule has 0 radical (unpaired) electrons. The molecule has 7 nitrogen and oxygen atoms in total. The number of rotatable bonds is 9. The van der Waals surface area contributed by atoms with Crippen molar-refractivity contribution in [1.82, 2.24) is 10.3 Å². The fourth-order valence-corrected chi connectivity index (χ4v) is 3.39. The molecular weight excluding hydrogens is 428 g/mol. The van der Waals surface area contributed by atoms with Gasteiger partial charge >= 0.3 is 6.03 Å². The third-order valence-electron chi connectivity index (χ3n) is 4.95. The lowest BCUT2D eigenvalue weighted by atomic mass is 9.88. The number of ether oxygens (including phenoxy) is 1. The molecule has 0 aromatic heterocycles. The molecule has 0 aliphatic rings. The van der Waals surface area contributed by atoms with E-state index in [9.17, 15) is 4.79 Å². The number of carbonyl (C=O) groups is 1. The Morgan fingerprint density at radius 1 is 0.882 bits per heavy atom. The second kappa shape index (κ2) is 14.2. The Hall–Kier alpha value is -3.97. The van der Waals surface area contributed by atoms with Crippen molar-refractivity contribution in [3.63, 3.8) is 0 Å². The van der Waals surface area contributed by atoms with E-state index in [4.69, 9.17) is 9.64 Å². The summed E-state index contributed by atoms with van der Waals surface area (Å²) in [5.74, 6) is 0.913. The van der Waals surface area contributed by atoms with Crippen LogP contribution in [0.2, 0.25) is 0 Å². The SMILES string of the molecule is CC/C(=C(\c1ccccc1)c1ccc(OCCN(C)C)cc1)c1ccccc1.NC(=O)NN=O. The maximum Gasteiger partial charge on any atom is 0.335 e. The minimum absolute atomic E-state index is 0.692. The van der Waals surface area contributed by atoms with Gasteiger partial charge in [-0.3, -0.25) is 0 Å². The predicted molar refractivity (Wildman–Crippen MR) is 138 cm³/mol. The van der Waals surface area contributed by atoms with Crippen molar-refractivity contribution in [3.8, 4) is 5.75 Å². The fraction of sp³-hybridized carbons (Fsp3) is 0.222. The van der Waals surface area contributed by atoms with E-state index in [1.807, 2.05) is 5.29 Å². The number of nitrogens with one attached hydrogen (secondary N) is 1. The molecule has 0 fully saturated rings. The molecule has 0 unspecified atom stereocenters. The summed E-state index contributed by atoms with van der Waals surface area (Å²) in [7, 11) is 4.11. The van der Waals surface area contributed by atoms with E-state index >= 15 is 0 Å². The second-order valence-electron chi connectivity index (χ2n) is 7.68. The van der Waals surface area contributed by atoms with Crippen LogP contribution in [0.15, 0.2) is 90.2 Å². The van der Waals surface area contributed by atoms with Gasteiger partial charge in [0.25, 0.3) is 0 Å². The molecule has 3 aromatic rings. The summed E-state index contributed by atoms with van der Waals surface area (Å²) in [6.07, 6.45) is 0.968. The zero-order valence-corrected chi connectivity index (χ0v) is 19.9. The Morgan fingerprint density at radius 3 is 1.85 bits per heavy atom. The first-order chi connectivity index (χ1) is 16.5. The van der Waals surface area contributed by atoms with Gasteiger partial charge in [0.15, 0.2) is 0 Å². The molecule has 3 aromatic carbocycles. The Morgan fingerprint density at radius 2 is 1.41 bits per heavy atom. The molecule has 178 valence electrons. The van der Waals surface area contributed by atoms with Gasteiger partial charge in [0.1, 0.15) is 12.4 Å². The lowest BCUT2D eigenvalue weighted by Crippen LogP contribution is -2.23. The number of urea groups is 1. The van der Waals surface area contributed by atoms with Crippen molar-refractivity contribution in [2.45, 2.75) is 13.3 Å². The Kier molecular flexibility index (Phi) is 11.0. The topological polar surface area (TPSA) is 97.0 Å². The van der Waals surface area contributed by atoms with Gasteiger partial charge in [-0.25, -0.2) is 4.79 Å². The third kappa shape index (κ3) is 8.52. The first kappa shape index (κ1) is 26.3. The number of primary amides is 1. The van der Waals surface area contributed by atoms with Crippen LogP contribution >= 0.6 is 0 Å². The maximum absolute atomic E-state index is 9.42. The number of allylic oxidation sites excluding steroid dienone is 1. The predicted octanol–water partition coefficient (Wildman–Crippen LogP) is 5.33. The zero-order chi connectivity index (χ0) is 24.8. The summed E-state index contributed by atoms with van der Waals surface area (Å²) in [6, 6.07) is 28.9. The summed E-state index contributed by atoms with van der Waals surface area (Å²) in [4.78, 5) is 20.5. The highest BCUT2D eigenvalue weighted by atomic mass is 16.5. The van der Waals surface area contributed by atoms with Gasteiger partial charge in [0.05, 0.1) is 5.29 Å². The van der Waals surface area contributed by atoms with E-state index in [0.29, 0.717) is 6.61 Å². The van der Waals surface area contributed by atoms with E-state index < -0.39 is 6.03 Å². The standard InChI is InChI=1S/C26H29NO.CH3N3O2/c1-4-25(21-11-7-5-8-12-21)26(22-13-9-6-10-14-22)23-15-17-24(18-16-23)28-20-19-27(2)3;2-1(5)3-4-6/h5-18H,4,19-20H2,1-3H3;(H3,2,3,5,6)/b26-25-;. The van der Waals surface area contributed by atoms with Gasteiger partial charge in [-0.05, 0) is 60.5 Å². The third-order valence-corrected chi connectivity index (χ3v) is 4.95. The minimum atomic E-state index is -0.940. The lowest BCUT2D eigenvalue weighted by Gasteiger charge is -2.17. The van der Waals surface area contributed by atoms with Gasteiger partial charge in [-0.2, -0.15) is 5.43 Å². The highest BCUT2D eigenvalue weighted by molar-refractivity contribution is 5.98. The minimum Gasteiger partial charge on any atom is -0.492 e. The highest BCUT2D eigenvalue weighted by Crippen LogP contribution is 2.34. The van der Waals surface area contributed by atoms with Crippen LogP contribution < -0.4 is 15.9 Å². The van der Waals surface area contributed by atoms with Gasteiger partial charge in [0.2, 0.25) is 0 Å². The van der Waals surface area contributed by atoms with E-state index in [-0.39, 0.29) is 0 Å². The van der Waals surface area contributed by atoms with Crippen molar-refractivity contribution in [2.24, 2.45) is 11.0 Å². The first-order valence-electron chi connectivity index (χ1n) is 11.1. The van der Waals surface area contributed by atoms with Crippen LogP contribution in [0.4, 0.5) is 4.79 Å². The van der Waals surface area contributed by atoms with Crippen molar-refractivity contribution in [2.75, 3.05) is 27.2 Å². The first-order valence-corrected chi connectivity index (χ1v) is 11.1. The Bertz CT molecular complexity index is 1050. The summed E-state index contributed by atoms with van der Waals surface area (Å²) in [5.41, 5.74) is 12.1. The Balaban J connectivity index is 0.000000604. The molecule has 0 spiro atoms. The highest BCUT2D eigenvalue weighted by Gasteiger charge is 2.13. The molecular formula is C27H32N4O3. The van der Waals surface area contributed by atoms with Crippen LogP contribution in [-0.4, -0.2) is 38.2 Å². The molecule has 0 saturated heterocycles. The number of nitroso groups, excluding NO2 is 1. The number of carbonyl (C=O) groups excluding carboxylic acids is 1. The quantitative estimate of drug-likeness (QED) is 0.256. The van der Waals surface area contributed by atoms with Gasteiger partial charge < -0.3 is 15.4 Å². The van der Waals surface area contributed by atoms with Gasteiger partial charge in [-0.15, -0.1) is 4.91 Å². The molecule has 0 saturated carbocycles. The lowest BCUT2D eigenvalue weighted by molar-refractivity contribution is 0.249. The summed E-state index contributed by atoms with van der Waals surface area (Å²) < 4.78 is 5.87. The largest absolute Gasteiger partial charge is 0.492 e. The summed E-state index contributed by atoms with van der Waals surface area (Å²) in [5, 5.41) is 1.96. The van der Waals surface area contributed by atoms with Gasteiger partial charge in [0, 0.05) is 6.54 Å². The molecule has 2 amide bonds. The number of nitrogens with zero attached hydrogens (tertiary/aromatic N) is 2. The monoisotopic (exact) mass is 460 g/mol. The van der Waals surface area contributed by atoms with Crippen LogP contribution in [0.5, 0.6) is 5.75 Å². The average Bonchev–Trinajstić information content (AvgIpc) is 2.84. The number of amides is 2. The molecule has 3 rings (SSSR count). The fourth-order valence-electron chi connectivity index (χ4n) is 3.39. The molecule has 3 N–H and O–H groups in total. The molecule has 34 heavy (non-hydrogen) atoms. The number of benzene rings is 3. The van der Waals surface area contributed by atoms with E-state index in [1.165, 1.54) is 33.3 Å². The van der Waals surface area contributed by atoms with E-state index in [1.54, 1.807) is 0 Å². The maximum atomic E-state index is 9.42. The summed E-state index contributed by atoms with van der Waals surface area (Å²) in [6.45, 7) is 3.83. The molecule has 0 aliphatic heterocycles. The molecule has 0 bridgehead atoms. The van der Waals surface area contributed by atoms with Crippen LogP contribution in [0.1, 0.15) is 30.0 Å². The van der Waals surface area contributed by atoms with Crippen molar-refractivity contribution in [1.29, 1.82) is 0 Å². The molecule has 0 aliphatic carbocycles.